The molecule has 8 aromatic carbocycles. The Morgan fingerprint density at radius 3 is 1.50 bits per heavy atom. The molecule has 3 aliphatic rings. The maximum absolute atomic E-state index is 7.20. The highest BCUT2D eigenvalue weighted by molar-refractivity contribution is 7.22. The number of thiophene rings is 1. The Labute approximate surface area is 398 Å². The third kappa shape index (κ3) is 4.95. The van der Waals surface area contributed by atoms with Gasteiger partial charge in [0.1, 0.15) is 28.1 Å². The summed E-state index contributed by atoms with van der Waals surface area (Å²) in [5.74, 6) is 1.71. The monoisotopic (exact) mass is 889 g/mol. The van der Waals surface area contributed by atoms with E-state index >= 15 is 0 Å². The van der Waals surface area contributed by atoms with E-state index in [0.717, 1.165) is 49.9 Å². The SMILES string of the molecule is CC1(C)c2cc(-c3cc4ccccc4s3)ccc2-c2cc3c(cc21)-c1cc2c(cc1C3(c1cc3ccccc3o1)c1cc3ccccc3o1)-c1ccc(-c3cccc4cccnc34)cc1C2(C)C. The second-order valence-corrected chi connectivity index (χ2v) is 21.3. The molecule has 0 aliphatic heterocycles. The van der Waals surface area contributed by atoms with Gasteiger partial charge in [0.2, 0.25) is 0 Å². The fourth-order valence-electron chi connectivity index (χ4n) is 12.5. The van der Waals surface area contributed by atoms with Gasteiger partial charge in [0.15, 0.2) is 0 Å². The summed E-state index contributed by atoms with van der Waals surface area (Å²) in [6.07, 6.45) is 1.90. The van der Waals surface area contributed by atoms with Crippen LogP contribution in [0.3, 0.4) is 0 Å². The van der Waals surface area contributed by atoms with Gasteiger partial charge in [-0.1, -0.05) is 131 Å². The maximum Gasteiger partial charge on any atom is 0.137 e. The molecule has 0 unspecified atom stereocenters. The van der Waals surface area contributed by atoms with Crippen LogP contribution in [0.4, 0.5) is 0 Å². The van der Waals surface area contributed by atoms with E-state index in [-0.39, 0.29) is 10.8 Å². The Morgan fingerprint density at radius 1 is 0.382 bits per heavy atom. The van der Waals surface area contributed by atoms with Crippen LogP contribution in [0.5, 0.6) is 0 Å². The van der Waals surface area contributed by atoms with Gasteiger partial charge in [-0.25, -0.2) is 0 Å². The lowest BCUT2D eigenvalue weighted by molar-refractivity contribution is 0.430. The quantitative estimate of drug-likeness (QED) is 0.177. The molecule has 4 heterocycles. The second-order valence-electron chi connectivity index (χ2n) is 20.2. The summed E-state index contributed by atoms with van der Waals surface area (Å²) in [7, 11) is 0. The van der Waals surface area contributed by atoms with Gasteiger partial charge in [0.05, 0.1) is 5.52 Å². The average Bonchev–Trinajstić information content (AvgIpc) is 4.22. The highest BCUT2D eigenvalue weighted by Gasteiger charge is 2.54. The van der Waals surface area contributed by atoms with Crippen molar-refractivity contribution < 1.29 is 8.83 Å². The van der Waals surface area contributed by atoms with Gasteiger partial charge in [-0.15, -0.1) is 11.3 Å². The minimum Gasteiger partial charge on any atom is -0.459 e. The molecule has 4 heteroatoms. The smallest absolute Gasteiger partial charge is 0.137 e. The van der Waals surface area contributed by atoms with Crippen LogP contribution in [0.2, 0.25) is 0 Å². The van der Waals surface area contributed by atoms with Crippen LogP contribution in [0.1, 0.15) is 72.6 Å². The van der Waals surface area contributed by atoms with E-state index < -0.39 is 5.41 Å². The highest BCUT2D eigenvalue weighted by Crippen LogP contribution is 2.64. The first-order chi connectivity index (χ1) is 33.2. The van der Waals surface area contributed by atoms with Crippen LogP contribution in [0.25, 0.3) is 97.9 Å². The van der Waals surface area contributed by atoms with Gasteiger partial charge in [-0.2, -0.15) is 0 Å². The van der Waals surface area contributed by atoms with Gasteiger partial charge in [0, 0.05) is 48.3 Å². The molecule has 4 aromatic heterocycles. The molecule has 0 bridgehead atoms. The molecule has 3 nitrogen and oxygen atoms in total. The fraction of sp³-hybridized carbons (Fsp3) is 0.109. The molecule has 322 valence electrons. The lowest BCUT2D eigenvalue weighted by Crippen LogP contribution is -2.28. The molecule has 0 fully saturated rings. The highest BCUT2D eigenvalue weighted by atomic mass is 32.1. The Balaban J connectivity index is 1.00. The van der Waals surface area contributed by atoms with Crippen molar-refractivity contribution in [3.05, 3.63) is 233 Å². The summed E-state index contributed by atoms with van der Waals surface area (Å²) in [6.45, 7) is 9.61. The summed E-state index contributed by atoms with van der Waals surface area (Å²) < 4.78 is 15.7. The zero-order valence-electron chi connectivity index (χ0n) is 38.1. The number of aromatic nitrogens is 1. The van der Waals surface area contributed by atoms with Gasteiger partial charge in [-0.3, -0.25) is 4.98 Å². The summed E-state index contributed by atoms with van der Waals surface area (Å²) in [5, 5.41) is 4.57. The van der Waals surface area contributed by atoms with Gasteiger partial charge >= 0.3 is 0 Å². The first-order valence-corrected chi connectivity index (χ1v) is 24.5. The molecule has 0 amide bonds. The molecular formula is C64H43NO2S. The summed E-state index contributed by atoms with van der Waals surface area (Å²) >= 11 is 1.87. The molecule has 0 radical (unpaired) electrons. The number of rotatable bonds is 4. The Morgan fingerprint density at radius 2 is 0.882 bits per heavy atom. The Kier molecular flexibility index (Phi) is 7.45. The van der Waals surface area contributed by atoms with Crippen LogP contribution < -0.4 is 0 Å². The predicted molar refractivity (Wildman–Crippen MR) is 280 cm³/mol. The van der Waals surface area contributed by atoms with E-state index in [1.165, 1.54) is 92.9 Å². The number of nitrogens with zero attached hydrogens (tertiary/aromatic N) is 1. The first-order valence-electron chi connectivity index (χ1n) is 23.7. The normalized spacial score (nSPS) is 15.4. The first kappa shape index (κ1) is 38.3. The molecular weight excluding hydrogens is 847 g/mol. The molecule has 0 N–H and O–H groups in total. The lowest BCUT2D eigenvalue weighted by atomic mass is 9.72. The van der Waals surface area contributed by atoms with Crippen molar-refractivity contribution in [3.63, 3.8) is 0 Å². The van der Waals surface area contributed by atoms with Crippen molar-refractivity contribution >= 4 is 54.3 Å². The minimum absolute atomic E-state index is 0.254. The van der Waals surface area contributed by atoms with Crippen molar-refractivity contribution in [2.45, 2.75) is 43.9 Å². The van der Waals surface area contributed by atoms with Gasteiger partial charge in [0.25, 0.3) is 0 Å². The maximum atomic E-state index is 7.20. The number of fused-ring (bicyclic) bond motifs is 13. The van der Waals surface area contributed by atoms with E-state index in [2.05, 4.69) is 204 Å². The summed E-state index contributed by atoms with van der Waals surface area (Å²) in [5.41, 5.74) is 20.1. The second kappa shape index (κ2) is 13.2. The zero-order chi connectivity index (χ0) is 45.3. The molecule has 12 aromatic rings. The number of hydrogen-bond donors (Lipinski definition) is 0. The van der Waals surface area contributed by atoms with Crippen LogP contribution in [0.15, 0.2) is 197 Å². The molecule has 0 spiro atoms. The number of benzene rings is 8. The third-order valence-electron chi connectivity index (χ3n) is 16.0. The minimum atomic E-state index is -0.919. The van der Waals surface area contributed by atoms with E-state index in [1.54, 1.807) is 0 Å². The fourth-order valence-corrected chi connectivity index (χ4v) is 13.6. The molecule has 3 aliphatic carbocycles. The van der Waals surface area contributed by atoms with Gasteiger partial charge < -0.3 is 8.83 Å². The Hall–Kier alpha value is -7.79. The van der Waals surface area contributed by atoms with E-state index in [0.29, 0.717) is 0 Å². The number of hydrogen-bond acceptors (Lipinski definition) is 4. The van der Waals surface area contributed by atoms with Crippen molar-refractivity contribution in [2.24, 2.45) is 0 Å². The van der Waals surface area contributed by atoms with Crippen molar-refractivity contribution in [1.82, 2.24) is 4.98 Å². The van der Waals surface area contributed by atoms with Crippen LogP contribution in [-0.4, -0.2) is 4.98 Å². The number of furan rings is 2. The topological polar surface area (TPSA) is 39.2 Å². The lowest BCUT2D eigenvalue weighted by Gasteiger charge is -2.29. The summed E-state index contributed by atoms with van der Waals surface area (Å²) in [4.78, 5) is 6.15. The molecule has 68 heavy (non-hydrogen) atoms. The molecule has 0 atom stereocenters. The predicted octanol–water partition coefficient (Wildman–Crippen LogP) is 17.3. The average molecular weight is 890 g/mol. The Bertz CT molecular complexity index is 3990. The summed E-state index contributed by atoms with van der Waals surface area (Å²) in [6, 6.07) is 67.3. The molecule has 0 saturated carbocycles. The van der Waals surface area contributed by atoms with E-state index in [1.807, 2.05) is 23.6 Å². The van der Waals surface area contributed by atoms with Crippen LogP contribution >= 0.6 is 11.3 Å². The van der Waals surface area contributed by atoms with E-state index in [4.69, 9.17) is 13.8 Å². The zero-order valence-corrected chi connectivity index (χ0v) is 38.9. The van der Waals surface area contributed by atoms with E-state index in [9.17, 15) is 0 Å². The molecule has 0 saturated heterocycles. The van der Waals surface area contributed by atoms with Crippen molar-refractivity contribution in [2.75, 3.05) is 0 Å². The van der Waals surface area contributed by atoms with Crippen LogP contribution in [0, 0.1) is 0 Å². The van der Waals surface area contributed by atoms with Crippen LogP contribution in [-0.2, 0) is 16.2 Å². The third-order valence-corrected chi connectivity index (χ3v) is 17.1. The largest absolute Gasteiger partial charge is 0.459 e. The molecule has 15 rings (SSSR count). The standard InChI is InChI=1S/C64H43NO2S/c1-62(2)49-27-37(42-18-11-16-36-17-12-26-65-61(36)42)22-24-43(49)45-34-53-47(32-51(45)62)48-33-52-46(44-25-23-41(28-50(44)63(52,3)4)58-29-40-15-7-10-21-57(40)68-58)35-54(48)64(53,59-30-38-13-5-8-19-55(38)66-59)60-31-39-14-6-9-20-56(39)67-60/h5-35H,1-4H3. The van der Waals surface area contributed by atoms with Gasteiger partial charge in [-0.05, 0) is 162 Å². The number of pyridine rings is 1. The number of para-hydroxylation sites is 3. The van der Waals surface area contributed by atoms with Crippen molar-refractivity contribution in [3.8, 4) is 54.9 Å². The van der Waals surface area contributed by atoms with Crippen molar-refractivity contribution in [1.29, 1.82) is 0 Å².